The van der Waals surface area contributed by atoms with Gasteiger partial charge in [0.25, 0.3) is 0 Å². The smallest absolute Gasteiger partial charge is 0.306 e. The predicted molar refractivity (Wildman–Crippen MR) is 129 cm³/mol. The molecule has 0 saturated heterocycles. The molecular formula is C27H50O4. The molecule has 1 unspecified atom stereocenters. The van der Waals surface area contributed by atoms with E-state index in [1.54, 1.807) is 6.92 Å². The summed E-state index contributed by atoms with van der Waals surface area (Å²) in [6.07, 6.45) is 23.0. The topological polar surface area (TPSA) is 71.4 Å². The molecule has 0 amide bonds. The molecule has 0 heterocycles. The van der Waals surface area contributed by atoms with E-state index >= 15 is 0 Å². The van der Waals surface area contributed by atoms with E-state index in [2.05, 4.69) is 0 Å². The van der Waals surface area contributed by atoms with Crippen molar-refractivity contribution in [3.05, 3.63) is 0 Å². The van der Waals surface area contributed by atoms with Gasteiger partial charge in [0.15, 0.2) is 0 Å². The summed E-state index contributed by atoms with van der Waals surface area (Å²) in [7, 11) is 0. The van der Waals surface area contributed by atoms with E-state index in [4.69, 9.17) is 5.11 Å². The van der Waals surface area contributed by atoms with Crippen molar-refractivity contribution in [1.82, 2.24) is 0 Å². The van der Waals surface area contributed by atoms with Gasteiger partial charge >= 0.3 is 5.97 Å². The predicted octanol–water partition coefficient (Wildman–Crippen LogP) is 8.06. The molecule has 0 radical (unpaired) electrons. The Morgan fingerprint density at radius 1 is 0.613 bits per heavy atom. The second-order valence-electron chi connectivity index (χ2n) is 9.43. The van der Waals surface area contributed by atoms with Crippen LogP contribution in [0, 0.1) is 5.92 Å². The van der Waals surface area contributed by atoms with Gasteiger partial charge in [-0.15, -0.1) is 0 Å². The number of hydrogen-bond acceptors (Lipinski definition) is 3. The van der Waals surface area contributed by atoms with Crippen LogP contribution in [0.15, 0.2) is 0 Å². The summed E-state index contributed by atoms with van der Waals surface area (Å²) in [4.78, 5) is 33.9. The zero-order valence-corrected chi connectivity index (χ0v) is 20.6. The molecule has 0 saturated carbocycles. The highest BCUT2D eigenvalue weighted by molar-refractivity contribution is 5.83. The molecule has 182 valence electrons. The lowest BCUT2D eigenvalue weighted by Gasteiger charge is -2.09. The van der Waals surface area contributed by atoms with Gasteiger partial charge in [0.1, 0.15) is 11.6 Å². The highest BCUT2D eigenvalue weighted by atomic mass is 16.4. The van der Waals surface area contributed by atoms with E-state index in [0.29, 0.717) is 18.6 Å². The van der Waals surface area contributed by atoms with Crippen LogP contribution in [-0.4, -0.2) is 22.6 Å². The van der Waals surface area contributed by atoms with Crippen molar-refractivity contribution >= 4 is 17.5 Å². The van der Waals surface area contributed by atoms with Gasteiger partial charge in [-0.3, -0.25) is 9.59 Å². The van der Waals surface area contributed by atoms with Gasteiger partial charge in [0.2, 0.25) is 0 Å². The van der Waals surface area contributed by atoms with Crippen LogP contribution in [0.1, 0.15) is 149 Å². The van der Waals surface area contributed by atoms with Crippen molar-refractivity contribution in [3.8, 4) is 0 Å². The molecule has 0 spiro atoms. The highest BCUT2D eigenvalue weighted by Crippen LogP contribution is 2.16. The lowest BCUT2D eigenvalue weighted by molar-refractivity contribution is -0.144. The van der Waals surface area contributed by atoms with Gasteiger partial charge in [-0.2, -0.15) is 0 Å². The second-order valence-corrected chi connectivity index (χ2v) is 9.43. The van der Waals surface area contributed by atoms with Gasteiger partial charge in [0.05, 0.1) is 5.92 Å². The molecule has 0 aromatic heterocycles. The van der Waals surface area contributed by atoms with E-state index in [9.17, 15) is 14.4 Å². The average molecular weight is 439 g/mol. The summed E-state index contributed by atoms with van der Waals surface area (Å²) in [6, 6.07) is 0. The number of hydrogen-bond donors (Lipinski definition) is 1. The van der Waals surface area contributed by atoms with E-state index in [0.717, 1.165) is 32.1 Å². The first-order valence-electron chi connectivity index (χ1n) is 13.2. The van der Waals surface area contributed by atoms with Crippen molar-refractivity contribution in [3.63, 3.8) is 0 Å². The van der Waals surface area contributed by atoms with Crippen molar-refractivity contribution in [2.75, 3.05) is 0 Å². The number of aliphatic carboxylic acids is 1. The molecule has 0 aromatic rings. The lowest BCUT2D eigenvalue weighted by Crippen LogP contribution is -2.17. The summed E-state index contributed by atoms with van der Waals surface area (Å²) in [6.45, 7) is 3.64. The first-order chi connectivity index (χ1) is 15.0. The fourth-order valence-corrected chi connectivity index (χ4v) is 4.21. The molecule has 0 aromatic carbocycles. The minimum absolute atomic E-state index is 0.119. The van der Waals surface area contributed by atoms with Gasteiger partial charge in [-0.05, 0) is 26.2 Å². The molecule has 31 heavy (non-hydrogen) atoms. The quantitative estimate of drug-likeness (QED) is 0.155. The van der Waals surface area contributed by atoms with E-state index in [1.165, 1.54) is 83.5 Å². The molecule has 0 aliphatic rings. The number of rotatable bonds is 24. The van der Waals surface area contributed by atoms with Crippen LogP contribution >= 0.6 is 0 Å². The Hall–Kier alpha value is -1.19. The number of carboxylic acid groups (broad SMARTS) is 1. The van der Waals surface area contributed by atoms with Crippen molar-refractivity contribution in [2.45, 2.75) is 149 Å². The number of carbonyl (C=O) groups excluding carboxylic acids is 2. The number of unbranched alkanes of at least 4 members (excludes halogenated alkanes) is 15. The summed E-state index contributed by atoms with van der Waals surface area (Å²) in [5, 5.41) is 9.13. The Bertz CT molecular complexity index is 458. The minimum Gasteiger partial charge on any atom is -0.481 e. The Balaban J connectivity index is 3.29. The van der Waals surface area contributed by atoms with E-state index in [1.807, 2.05) is 6.92 Å². The number of ketones is 2. The molecule has 0 aliphatic heterocycles. The fourth-order valence-electron chi connectivity index (χ4n) is 4.21. The van der Waals surface area contributed by atoms with Gasteiger partial charge in [-0.1, -0.05) is 103 Å². The van der Waals surface area contributed by atoms with E-state index < -0.39 is 11.9 Å². The summed E-state index contributed by atoms with van der Waals surface area (Å²) < 4.78 is 0. The molecule has 0 bridgehead atoms. The largest absolute Gasteiger partial charge is 0.481 e. The Morgan fingerprint density at radius 3 is 1.29 bits per heavy atom. The zero-order chi connectivity index (χ0) is 23.2. The van der Waals surface area contributed by atoms with Crippen molar-refractivity contribution in [1.29, 1.82) is 0 Å². The van der Waals surface area contributed by atoms with Crippen molar-refractivity contribution in [2.24, 2.45) is 5.92 Å². The maximum Gasteiger partial charge on any atom is 0.306 e. The van der Waals surface area contributed by atoms with Crippen LogP contribution in [0.2, 0.25) is 0 Å². The third kappa shape index (κ3) is 21.8. The molecular weight excluding hydrogens is 388 g/mol. The van der Waals surface area contributed by atoms with Crippen LogP contribution in [0.3, 0.4) is 0 Å². The first-order valence-corrected chi connectivity index (χ1v) is 13.2. The maximum absolute atomic E-state index is 11.9. The number of carbonyl (C=O) groups is 3. The molecule has 0 rings (SSSR count). The molecule has 0 aliphatic carbocycles. The number of Topliss-reactive ketones (excluding diaryl/α,β-unsaturated/α-hetero) is 2. The molecule has 1 atom stereocenters. The Labute approximate surface area is 192 Å². The third-order valence-corrected chi connectivity index (χ3v) is 6.19. The molecule has 4 heteroatoms. The highest BCUT2D eigenvalue weighted by Gasteiger charge is 2.19. The summed E-state index contributed by atoms with van der Waals surface area (Å²) in [5.74, 6) is -0.871. The average Bonchev–Trinajstić information content (AvgIpc) is 2.72. The third-order valence-electron chi connectivity index (χ3n) is 6.19. The molecule has 4 nitrogen and oxygen atoms in total. The van der Waals surface area contributed by atoms with Crippen molar-refractivity contribution < 1.29 is 19.5 Å². The monoisotopic (exact) mass is 438 g/mol. The van der Waals surface area contributed by atoms with Crippen LogP contribution in [-0.2, 0) is 14.4 Å². The maximum atomic E-state index is 11.9. The summed E-state index contributed by atoms with van der Waals surface area (Å²) in [5.41, 5.74) is 0. The van der Waals surface area contributed by atoms with Crippen LogP contribution < -0.4 is 0 Å². The van der Waals surface area contributed by atoms with E-state index in [-0.39, 0.29) is 12.2 Å². The Morgan fingerprint density at radius 2 is 0.968 bits per heavy atom. The van der Waals surface area contributed by atoms with Gasteiger partial charge in [0, 0.05) is 19.3 Å². The van der Waals surface area contributed by atoms with Crippen LogP contribution in [0.4, 0.5) is 0 Å². The minimum atomic E-state index is -0.826. The second kappa shape index (κ2) is 22.0. The SMILES string of the molecule is CCCC(CC(=O)CCCCCCCCCCCCCCCCCCC(C)=O)C(=O)O. The van der Waals surface area contributed by atoms with Crippen LogP contribution in [0.5, 0.6) is 0 Å². The lowest BCUT2D eigenvalue weighted by atomic mass is 9.95. The van der Waals surface area contributed by atoms with Crippen LogP contribution in [0.25, 0.3) is 0 Å². The first kappa shape index (κ1) is 29.8. The fraction of sp³-hybridized carbons (Fsp3) is 0.889. The standard InChI is InChI=1S/C27H50O4/c1-3-20-25(27(30)31)23-26(29)22-19-17-15-13-11-9-7-5-4-6-8-10-12-14-16-18-21-24(2)28/h25H,3-23H2,1-2H3,(H,30,31). The zero-order valence-electron chi connectivity index (χ0n) is 20.6. The Kier molecular flexibility index (Phi) is 21.2. The van der Waals surface area contributed by atoms with Gasteiger partial charge < -0.3 is 9.90 Å². The number of carboxylic acids is 1. The molecule has 0 fully saturated rings. The summed E-state index contributed by atoms with van der Waals surface area (Å²) >= 11 is 0. The normalized spacial score (nSPS) is 12.1. The molecule has 1 N–H and O–H groups in total. The van der Waals surface area contributed by atoms with Gasteiger partial charge in [-0.25, -0.2) is 0 Å².